The number of nitriles is 1. The molecule has 3 atom stereocenters. The van der Waals surface area contributed by atoms with Gasteiger partial charge >= 0.3 is 6.18 Å². The molecule has 2 aliphatic heterocycles. The van der Waals surface area contributed by atoms with Gasteiger partial charge in [-0.15, -0.1) is 0 Å². The molecule has 1 aromatic rings. The number of ether oxygens (including phenoxy) is 3. The van der Waals surface area contributed by atoms with E-state index in [0.29, 0.717) is 31.7 Å². The first-order chi connectivity index (χ1) is 17.2. The van der Waals surface area contributed by atoms with E-state index in [-0.39, 0.29) is 38.7 Å². The maximum Gasteiger partial charge on any atom is 0.403 e. The van der Waals surface area contributed by atoms with E-state index in [4.69, 9.17) is 19.5 Å². The number of hydrazine groups is 1. The zero-order valence-corrected chi connectivity index (χ0v) is 19.8. The first-order valence-electron chi connectivity index (χ1n) is 11.4. The van der Waals surface area contributed by atoms with Crippen molar-refractivity contribution in [3.05, 3.63) is 23.9 Å². The number of halogens is 3. The number of hydrogen-bond acceptors (Lipinski definition) is 9. The first kappa shape index (κ1) is 27.6. The molecule has 0 bridgehead atoms. The lowest BCUT2D eigenvalue weighted by molar-refractivity contribution is -0.223. The summed E-state index contributed by atoms with van der Waals surface area (Å²) in [6.07, 6.45) is -5.44. The Kier molecular flexibility index (Phi) is 9.82. The zero-order chi connectivity index (χ0) is 26.1. The summed E-state index contributed by atoms with van der Waals surface area (Å²) in [5.41, 5.74) is 4.85. The number of anilines is 1. The third-order valence-electron chi connectivity index (χ3n) is 5.84. The van der Waals surface area contributed by atoms with Crippen LogP contribution in [-0.2, 0) is 23.8 Å². The van der Waals surface area contributed by atoms with Crippen LogP contribution in [0.3, 0.4) is 0 Å². The molecule has 0 aliphatic carbocycles. The molecule has 11 nitrogen and oxygen atoms in total. The third kappa shape index (κ3) is 7.50. The average molecular weight is 515 g/mol. The molecule has 3 heterocycles. The molecule has 3 rings (SSSR count). The van der Waals surface area contributed by atoms with Crippen molar-refractivity contribution >= 4 is 17.6 Å². The minimum absolute atomic E-state index is 0.0397. The lowest BCUT2D eigenvalue weighted by atomic mass is 9.99. The number of hydrogen-bond donors (Lipinski definition) is 2. The molecule has 14 heteroatoms. The Labute approximate surface area is 206 Å². The van der Waals surface area contributed by atoms with Crippen LogP contribution in [0.15, 0.2) is 18.3 Å². The lowest BCUT2D eigenvalue weighted by Gasteiger charge is -2.35. The number of nitrogens with zero attached hydrogens (tertiary/aromatic N) is 4. The number of alkyl halides is 3. The van der Waals surface area contributed by atoms with Gasteiger partial charge in [0.15, 0.2) is 5.92 Å². The largest absolute Gasteiger partial charge is 0.403 e. The van der Waals surface area contributed by atoms with Crippen LogP contribution in [0.2, 0.25) is 0 Å². The van der Waals surface area contributed by atoms with Gasteiger partial charge in [-0.2, -0.15) is 18.4 Å². The van der Waals surface area contributed by atoms with E-state index in [9.17, 15) is 22.8 Å². The molecule has 2 saturated heterocycles. The second-order valence-corrected chi connectivity index (χ2v) is 8.35. The summed E-state index contributed by atoms with van der Waals surface area (Å²) < 4.78 is 56.0. The fraction of sp³-hybridized carbons (Fsp3) is 0.636. The Balaban J connectivity index is 1.41. The van der Waals surface area contributed by atoms with E-state index in [1.165, 1.54) is 13.3 Å². The molecule has 36 heavy (non-hydrogen) atoms. The highest BCUT2D eigenvalue weighted by atomic mass is 19.4. The van der Waals surface area contributed by atoms with E-state index in [0.717, 1.165) is 5.82 Å². The van der Waals surface area contributed by atoms with Gasteiger partial charge < -0.3 is 24.0 Å². The molecular formula is C22H29F3N6O5. The topological polar surface area (TPSA) is 129 Å². The molecule has 2 unspecified atom stereocenters. The van der Waals surface area contributed by atoms with E-state index in [1.807, 2.05) is 16.4 Å². The monoisotopic (exact) mass is 514 g/mol. The highest BCUT2D eigenvalue weighted by molar-refractivity contribution is 5.80. The molecular weight excluding hydrogens is 485 g/mol. The first-order valence-corrected chi connectivity index (χ1v) is 11.4. The van der Waals surface area contributed by atoms with E-state index < -0.39 is 30.2 Å². The van der Waals surface area contributed by atoms with Crippen LogP contribution in [0, 0.1) is 17.2 Å². The SMILES string of the molecule is COC[C@H](COCCC(=O)N1CCN(c2ccc(C#N)cn2)CC1)OC1CNNC(=O)C1C(F)(F)F. The van der Waals surface area contributed by atoms with Crippen molar-refractivity contribution in [2.24, 2.45) is 5.92 Å². The van der Waals surface area contributed by atoms with Crippen molar-refractivity contribution in [1.29, 1.82) is 5.26 Å². The molecule has 2 N–H and O–H groups in total. The summed E-state index contributed by atoms with van der Waals surface area (Å²) in [6.45, 7) is 1.91. The Hall–Kier alpha value is -2.99. The fourth-order valence-corrected chi connectivity index (χ4v) is 4.01. The van der Waals surface area contributed by atoms with Crippen LogP contribution < -0.4 is 15.8 Å². The van der Waals surface area contributed by atoms with Gasteiger partial charge in [-0.1, -0.05) is 0 Å². The van der Waals surface area contributed by atoms with Gasteiger partial charge in [0.25, 0.3) is 0 Å². The summed E-state index contributed by atoms with van der Waals surface area (Å²) in [4.78, 5) is 32.3. The molecule has 2 aliphatic rings. The normalized spacial score (nSPS) is 21.6. The number of pyridine rings is 1. The van der Waals surface area contributed by atoms with Crippen LogP contribution in [0.5, 0.6) is 0 Å². The van der Waals surface area contributed by atoms with E-state index in [1.54, 1.807) is 17.0 Å². The molecule has 1 aromatic heterocycles. The summed E-state index contributed by atoms with van der Waals surface area (Å²) in [7, 11) is 1.38. The Morgan fingerprint density at radius 2 is 2.03 bits per heavy atom. The minimum atomic E-state index is -4.76. The number of methoxy groups -OCH3 is 1. The van der Waals surface area contributed by atoms with Crippen molar-refractivity contribution in [3.8, 4) is 6.07 Å². The van der Waals surface area contributed by atoms with E-state index in [2.05, 4.69) is 10.4 Å². The van der Waals surface area contributed by atoms with Gasteiger partial charge in [-0.25, -0.2) is 10.4 Å². The summed E-state index contributed by atoms with van der Waals surface area (Å²) >= 11 is 0. The number of carbonyl (C=O) groups is 2. The maximum atomic E-state index is 13.3. The van der Waals surface area contributed by atoms with Crippen LogP contribution in [0.25, 0.3) is 0 Å². The average Bonchev–Trinajstić information content (AvgIpc) is 2.86. The molecule has 2 fully saturated rings. The number of nitrogens with one attached hydrogen (secondary N) is 2. The Bertz CT molecular complexity index is 918. The van der Waals surface area contributed by atoms with Crippen molar-refractivity contribution in [2.75, 3.05) is 64.6 Å². The zero-order valence-electron chi connectivity index (χ0n) is 19.8. The number of piperazine rings is 1. The van der Waals surface area contributed by atoms with Crippen molar-refractivity contribution < 1.29 is 37.0 Å². The molecule has 2 amide bonds. The Morgan fingerprint density at radius 3 is 2.64 bits per heavy atom. The van der Waals surface area contributed by atoms with E-state index >= 15 is 0 Å². The molecule has 0 radical (unpaired) electrons. The van der Waals surface area contributed by atoms with Gasteiger partial charge in [-0.3, -0.25) is 15.0 Å². The standard InChI is InChI=1S/C22H29F3N6O5/c1-34-13-16(36-17-12-28-29-21(33)20(17)22(23,24)25)14-35-9-4-19(32)31-7-5-30(6-8-31)18-3-2-15(10-26)11-27-18/h2-3,11,16-17,20,28H,4-9,12-14H2,1H3,(H,29,33)/t16-,17?,20?/m1/s1. The molecule has 198 valence electrons. The van der Waals surface area contributed by atoms with Crippen LogP contribution in [-0.4, -0.2) is 99.7 Å². The summed E-state index contributed by atoms with van der Waals surface area (Å²) in [5.74, 6) is -2.88. The third-order valence-corrected chi connectivity index (χ3v) is 5.84. The minimum Gasteiger partial charge on any atom is -0.382 e. The molecule has 0 saturated carbocycles. The predicted molar refractivity (Wildman–Crippen MR) is 119 cm³/mol. The van der Waals surface area contributed by atoms with Gasteiger partial charge in [0.2, 0.25) is 11.8 Å². The van der Waals surface area contributed by atoms with Crippen LogP contribution in [0.4, 0.5) is 19.0 Å². The van der Waals surface area contributed by atoms with Gasteiger partial charge in [0.1, 0.15) is 18.0 Å². The fourth-order valence-electron chi connectivity index (χ4n) is 4.01. The Morgan fingerprint density at radius 1 is 1.28 bits per heavy atom. The van der Waals surface area contributed by atoms with Crippen molar-refractivity contribution in [3.63, 3.8) is 0 Å². The highest BCUT2D eigenvalue weighted by Crippen LogP contribution is 2.32. The van der Waals surface area contributed by atoms with Crippen LogP contribution in [0.1, 0.15) is 12.0 Å². The van der Waals surface area contributed by atoms with Gasteiger partial charge in [-0.05, 0) is 12.1 Å². The number of amides is 2. The highest BCUT2D eigenvalue weighted by Gasteiger charge is 2.52. The predicted octanol–water partition coefficient (Wildman–Crippen LogP) is 0.222. The molecule has 0 spiro atoms. The number of rotatable bonds is 10. The lowest BCUT2D eigenvalue weighted by Crippen LogP contribution is -2.61. The quantitative estimate of drug-likeness (QED) is 0.422. The van der Waals surface area contributed by atoms with Crippen molar-refractivity contribution in [2.45, 2.75) is 24.8 Å². The van der Waals surface area contributed by atoms with Gasteiger partial charge in [0, 0.05) is 46.0 Å². The summed E-state index contributed by atoms with van der Waals surface area (Å²) in [5, 5.41) is 8.87. The van der Waals surface area contributed by atoms with Crippen molar-refractivity contribution in [1.82, 2.24) is 20.7 Å². The number of carbonyl (C=O) groups excluding carboxylic acids is 2. The number of aromatic nitrogens is 1. The summed E-state index contributed by atoms with van der Waals surface area (Å²) in [6, 6.07) is 5.49. The molecule has 0 aromatic carbocycles. The van der Waals surface area contributed by atoms with Crippen LogP contribution >= 0.6 is 0 Å². The smallest absolute Gasteiger partial charge is 0.382 e. The second kappa shape index (κ2) is 12.8. The maximum absolute atomic E-state index is 13.3. The van der Waals surface area contributed by atoms with Gasteiger partial charge in [0.05, 0.1) is 37.9 Å². The second-order valence-electron chi connectivity index (χ2n) is 8.35.